The van der Waals surface area contributed by atoms with Crippen LogP contribution in [0.25, 0.3) is 22.2 Å². The summed E-state index contributed by atoms with van der Waals surface area (Å²) in [5.74, 6) is -2.71. The zero-order valence-electron chi connectivity index (χ0n) is 17.0. The summed E-state index contributed by atoms with van der Waals surface area (Å²) < 4.78 is 44.0. The molecule has 6 nitrogen and oxygen atoms in total. The lowest BCUT2D eigenvalue weighted by Gasteiger charge is -2.10. The third-order valence-electron chi connectivity index (χ3n) is 4.92. The Hall–Kier alpha value is -3.59. The second kappa shape index (κ2) is 8.88. The zero-order valence-corrected chi connectivity index (χ0v) is 17.8. The van der Waals surface area contributed by atoms with E-state index in [0.29, 0.717) is 28.6 Å². The fourth-order valence-corrected chi connectivity index (χ4v) is 4.27. The highest BCUT2D eigenvalue weighted by Crippen LogP contribution is 2.32. The number of anilines is 1. The van der Waals surface area contributed by atoms with Crippen LogP contribution >= 0.6 is 0 Å². The quantitative estimate of drug-likeness (QED) is 0.344. The van der Waals surface area contributed by atoms with Crippen LogP contribution in [0.3, 0.4) is 0 Å². The van der Waals surface area contributed by atoms with Crippen LogP contribution in [0.15, 0.2) is 54.9 Å². The number of hydrogen-bond acceptors (Lipinski definition) is 4. The molecule has 4 rings (SSSR count). The van der Waals surface area contributed by atoms with E-state index in [1.165, 1.54) is 18.5 Å². The number of nitrogens with one attached hydrogen (secondary N) is 2. The molecule has 0 aliphatic rings. The highest BCUT2D eigenvalue weighted by atomic mass is 32.2. The van der Waals surface area contributed by atoms with Crippen molar-refractivity contribution < 1.29 is 22.9 Å². The van der Waals surface area contributed by atoms with Gasteiger partial charge in [-0.25, -0.2) is 18.0 Å². The fraction of sp³-hybridized carbons (Fsp3) is 0.130. The average molecular weight is 455 g/mol. The number of para-hydroxylation sites is 1. The maximum Gasteiger partial charge on any atom is 0.201 e. The smallest absolute Gasteiger partial charge is 0.201 e. The fourth-order valence-electron chi connectivity index (χ4n) is 3.39. The topological polar surface area (TPSA) is 95.1 Å². The maximum absolute atomic E-state index is 15.1. The number of phenols is 1. The van der Waals surface area contributed by atoms with Crippen molar-refractivity contribution in [3.63, 3.8) is 0 Å². The molecule has 0 aliphatic heterocycles. The first-order chi connectivity index (χ1) is 15.4. The summed E-state index contributed by atoms with van der Waals surface area (Å²) in [4.78, 5) is 20.3. The van der Waals surface area contributed by atoms with Gasteiger partial charge in [-0.15, -0.1) is 0 Å². The number of hydrogen-bond donors (Lipinski definition) is 3. The Labute approximate surface area is 184 Å². The molecule has 2 aromatic heterocycles. The van der Waals surface area contributed by atoms with Crippen molar-refractivity contribution in [2.75, 3.05) is 10.5 Å². The molecule has 0 saturated carbocycles. The van der Waals surface area contributed by atoms with Gasteiger partial charge in [0.1, 0.15) is 28.2 Å². The molecular formula is C23H19F2N3O3S. The predicted octanol–water partition coefficient (Wildman–Crippen LogP) is 4.93. The average Bonchev–Trinajstić information content (AvgIpc) is 3.19. The van der Waals surface area contributed by atoms with Gasteiger partial charge < -0.3 is 14.8 Å². The van der Waals surface area contributed by atoms with Crippen molar-refractivity contribution in [1.29, 1.82) is 0 Å². The third kappa shape index (κ3) is 3.99. The van der Waals surface area contributed by atoms with Crippen LogP contribution in [0, 0.1) is 11.6 Å². The van der Waals surface area contributed by atoms with E-state index in [0.717, 1.165) is 12.1 Å². The number of pyridine rings is 1. The second-order valence-corrected chi connectivity index (χ2v) is 8.41. The van der Waals surface area contributed by atoms with Gasteiger partial charge in [0.15, 0.2) is 5.82 Å². The highest BCUT2D eigenvalue weighted by molar-refractivity contribution is 7.86. The number of fused-ring (bicyclic) bond motifs is 1. The number of aromatic amines is 1. The molecule has 0 radical (unpaired) electrons. The summed E-state index contributed by atoms with van der Waals surface area (Å²) in [5, 5.41) is 10.5. The number of carbonyl (C=O) groups is 1. The lowest BCUT2D eigenvalue weighted by Crippen LogP contribution is -2.13. The predicted molar refractivity (Wildman–Crippen MR) is 120 cm³/mol. The lowest BCUT2D eigenvalue weighted by atomic mass is 9.99. The zero-order chi connectivity index (χ0) is 22.8. The standard InChI is InChI=1S/C23H19F2N3O3S/c1-2-9-32(31)28-18-8-7-17(24)20(21(18)25)22(30)16-12-27-23-15(16)10-13(11-26-23)14-5-3-4-6-19(14)29/h3-8,10-12,28-29H,2,9H2,1H3,(H,26,27). The number of aromatic nitrogens is 2. The minimum absolute atomic E-state index is 0.0226. The van der Waals surface area contributed by atoms with Crippen molar-refractivity contribution in [2.45, 2.75) is 13.3 Å². The number of benzene rings is 2. The van der Waals surface area contributed by atoms with Crippen LogP contribution in [0.1, 0.15) is 29.3 Å². The molecule has 2 heterocycles. The van der Waals surface area contributed by atoms with Crippen molar-refractivity contribution >= 4 is 33.5 Å². The van der Waals surface area contributed by atoms with Gasteiger partial charge in [-0.1, -0.05) is 25.1 Å². The van der Waals surface area contributed by atoms with Crippen LogP contribution in [-0.4, -0.2) is 30.8 Å². The van der Waals surface area contributed by atoms with E-state index in [-0.39, 0.29) is 22.8 Å². The van der Waals surface area contributed by atoms with Crippen LogP contribution < -0.4 is 4.72 Å². The summed E-state index contributed by atoms with van der Waals surface area (Å²) in [6.45, 7) is 1.82. The first-order valence-electron chi connectivity index (χ1n) is 9.84. The molecule has 9 heteroatoms. The Balaban J connectivity index is 1.78. The molecule has 0 bridgehead atoms. The lowest BCUT2D eigenvalue weighted by molar-refractivity contribution is 0.103. The van der Waals surface area contributed by atoms with Gasteiger partial charge in [-0.2, -0.15) is 0 Å². The van der Waals surface area contributed by atoms with E-state index in [1.807, 2.05) is 6.92 Å². The Morgan fingerprint density at radius 1 is 1.22 bits per heavy atom. The Morgan fingerprint density at radius 3 is 2.75 bits per heavy atom. The van der Waals surface area contributed by atoms with E-state index >= 15 is 4.39 Å². The summed E-state index contributed by atoms with van der Waals surface area (Å²) in [6, 6.07) is 10.3. The molecular weight excluding hydrogens is 436 g/mol. The molecule has 0 spiro atoms. The summed E-state index contributed by atoms with van der Waals surface area (Å²) in [7, 11) is -1.56. The largest absolute Gasteiger partial charge is 0.507 e. The Morgan fingerprint density at radius 2 is 2.00 bits per heavy atom. The Bertz CT molecular complexity index is 1350. The summed E-state index contributed by atoms with van der Waals surface area (Å²) >= 11 is 0. The van der Waals surface area contributed by atoms with E-state index in [1.54, 1.807) is 24.3 Å². The number of nitrogens with zero attached hydrogens (tertiary/aromatic N) is 1. The molecule has 1 unspecified atom stereocenters. The van der Waals surface area contributed by atoms with Gasteiger partial charge in [0.05, 0.1) is 11.3 Å². The van der Waals surface area contributed by atoms with E-state index in [9.17, 15) is 18.5 Å². The monoisotopic (exact) mass is 455 g/mol. The first-order valence-corrected chi connectivity index (χ1v) is 11.2. The highest BCUT2D eigenvalue weighted by Gasteiger charge is 2.25. The Kier molecular flexibility index (Phi) is 6.00. The van der Waals surface area contributed by atoms with Gasteiger partial charge in [-0.3, -0.25) is 4.79 Å². The summed E-state index contributed by atoms with van der Waals surface area (Å²) in [6.07, 6.45) is 3.47. The molecule has 0 aliphatic carbocycles. The minimum atomic E-state index is -1.56. The van der Waals surface area contributed by atoms with Crippen molar-refractivity contribution in [3.8, 4) is 16.9 Å². The second-order valence-electron chi connectivity index (χ2n) is 7.10. The number of halogens is 2. The molecule has 4 aromatic rings. The molecule has 0 amide bonds. The van der Waals surface area contributed by atoms with Gasteiger partial charge in [-0.05, 0) is 30.7 Å². The minimum Gasteiger partial charge on any atom is -0.507 e. The van der Waals surface area contributed by atoms with Crippen LogP contribution in [0.2, 0.25) is 0 Å². The van der Waals surface area contributed by atoms with Gasteiger partial charge in [0.2, 0.25) is 5.78 Å². The molecule has 164 valence electrons. The molecule has 3 N–H and O–H groups in total. The van der Waals surface area contributed by atoms with Crippen LogP contribution in [0.5, 0.6) is 5.75 Å². The number of H-pyrrole nitrogens is 1. The molecule has 2 aromatic carbocycles. The molecule has 1 atom stereocenters. The van der Waals surface area contributed by atoms with E-state index < -0.39 is 34.0 Å². The van der Waals surface area contributed by atoms with Gasteiger partial charge in [0.25, 0.3) is 0 Å². The SMILES string of the molecule is CCCS(=O)Nc1ccc(F)c(C(=O)c2c[nH]c3ncc(-c4ccccc4O)cc23)c1F. The number of carbonyl (C=O) groups excluding carboxylic acids is 1. The number of rotatable bonds is 7. The van der Waals surface area contributed by atoms with Gasteiger partial charge in [0, 0.05) is 40.2 Å². The number of aromatic hydroxyl groups is 1. The van der Waals surface area contributed by atoms with Crippen LogP contribution in [0.4, 0.5) is 14.5 Å². The number of phenolic OH excluding ortho intramolecular Hbond substituents is 1. The normalized spacial score (nSPS) is 12.1. The molecule has 32 heavy (non-hydrogen) atoms. The molecule has 0 fully saturated rings. The number of ketones is 1. The summed E-state index contributed by atoms with van der Waals surface area (Å²) in [5.41, 5.74) is 0.451. The van der Waals surface area contributed by atoms with Crippen molar-refractivity contribution in [1.82, 2.24) is 9.97 Å². The third-order valence-corrected chi connectivity index (χ3v) is 6.15. The van der Waals surface area contributed by atoms with E-state index in [2.05, 4.69) is 14.7 Å². The van der Waals surface area contributed by atoms with E-state index in [4.69, 9.17) is 0 Å². The van der Waals surface area contributed by atoms with Crippen LogP contribution in [-0.2, 0) is 11.0 Å². The first kappa shape index (κ1) is 21.6. The molecule has 0 saturated heterocycles. The van der Waals surface area contributed by atoms with Crippen molar-refractivity contribution in [2.24, 2.45) is 0 Å². The maximum atomic E-state index is 15.1. The van der Waals surface area contributed by atoms with Crippen molar-refractivity contribution in [3.05, 3.63) is 77.6 Å². The van der Waals surface area contributed by atoms with Gasteiger partial charge >= 0.3 is 0 Å².